The summed E-state index contributed by atoms with van der Waals surface area (Å²) in [7, 11) is 0. The third kappa shape index (κ3) is 4.36. The first-order chi connectivity index (χ1) is 7.50. The summed E-state index contributed by atoms with van der Waals surface area (Å²) in [6, 6.07) is 5.29. The van der Waals surface area contributed by atoms with E-state index in [9.17, 15) is 4.79 Å². The van der Waals surface area contributed by atoms with Crippen molar-refractivity contribution < 1.29 is 4.79 Å². The van der Waals surface area contributed by atoms with E-state index in [1.54, 1.807) is 30.0 Å². The molecular weight excluding hydrogens is 263 g/mol. The lowest BCUT2D eigenvalue weighted by Crippen LogP contribution is -2.08. The molecule has 1 rings (SSSR count). The molecule has 0 aromatic heterocycles. The van der Waals surface area contributed by atoms with Crippen LogP contribution in [0, 0.1) is 0 Å². The minimum atomic E-state index is 0.161. The van der Waals surface area contributed by atoms with Crippen LogP contribution in [0.4, 0.5) is 0 Å². The van der Waals surface area contributed by atoms with Gasteiger partial charge in [-0.3, -0.25) is 4.79 Å². The van der Waals surface area contributed by atoms with E-state index in [1.165, 1.54) is 0 Å². The van der Waals surface area contributed by atoms with Gasteiger partial charge < -0.3 is 0 Å². The second kappa shape index (κ2) is 6.53. The first-order valence-corrected chi connectivity index (χ1v) is 6.87. The second-order valence-electron chi connectivity index (χ2n) is 3.78. The highest BCUT2D eigenvalue weighted by molar-refractivity contribution is 8.00. The molecule has 0 aliphatic rings. The van der Waals surface area contributed by atoms with Crippen molar-refractivity contribution in [3.8, 4) is 0 Å². The number of halogens is 2. The fourth-order valence-electron chi connectivity index (χ4n) is 1.21. The van der Waals surface area contributed by atoms with Gasteiger partial charge in [0.05, 0.1) is 5.75 Å². The third-order valence-corrected chi connectivity index (χ3v) is 3.88. The Morgan fingerprint density at radius 1 is 1.31 bits per heavy atom. The monoisotopic (exact) mass is 276 g/mol. The Labute approximate surface area is 111 Å². The molecule has 1 aromatic carbocycles. The number of Topliss-reactive ketones (excluding diaryl/α,β-unsaturated/α-hetero) is 1. The Kier molecular flexibility index (Phi) is 5.67. The van der Waals surface area contributed by atoms with Crippen molar-refractivity contribution in [3.63, 3.8) is 0 Å². The number of thioether (sulfide) groups is 1. The van der Waals surface area contributed by atoms with Gasteiger partial charge in [0.2, 0.25) is 0 Å². The molecule has 0 saturated carbocycles. The van der Waals surface area contributed by atoms with Gasteiger partial charge in [-0.05, 0) is 22.9 Å². The topological polar surface area (TPSA) is 17.1 Å². The van der Waals surface area contributed by atoms with Gasteiger partial charge in [0.25, 0.3) is 0 Å². The summed E-state index contributed by atoms with van der Waals surface area (Å²) in [5.74, 6) is 0.674. The Morgan fingerprint density at radius 3 is 2.38 bits per heavy atom. The normalized spacial score (nSPS) is 10.8. The Bertz CT molecular complexity index is 357. The molecule has 4 heteroatoms. The molecule has 0 bridgehead atoms. The number of ketones is 1. The first kappa shape index (κ1) is 13.9. The van der Waals surface area contributed by atoms with Gasteiger partial charge in [0, 0.05) is 16.5 Å². The van der Waals surface area contributed by atoms with Crippen LogP contribution in [0.1, 0.15) is 19.4 Å². The van der Waals surface area contributed by atoms with Crippen LogP contribution in [0.2, 0.25) is 10.0 Å². The molecule has 0 aliphatic heterocycles. The Balaban J connectivity index is 2.63. The SMILES string of the molecule is CC(C)SCC(=O)Cc1c(Cl)cccc1Cl. The lowest BCUT2D eigenvalue weighted by molar-refractivity contribution is -0.116. The van der Waals surface area contributed by atoms with Gasteiger partial charge >= 0.3 is 0 Å². The van der Waals surface area contributed by atoms with Crippen LogP contribution in [-0.4, -0.2) is 16.8 Å². The standard InChI is InChI=1S/C12H14Cl2OS/c1-8(2)16-7-9(15)6-10-11(13)4-3-5-12(10)14/h3-5,8H,6-7H2,1-2H3. The van der Waals surface area contributed by atoms with E-state index in [0.29, 0.717) is 27.5 Å². The summed E-state index contributed by atoms with van der Waals surface area (Å²) in [6.07, 6.45) is 0.318. The summed E-state index contributed by atoms with van der Waals surface area (Å²) >= 11 is 13.6. The molecule has 0 N–H and O–H groups in total. The molecule has 0 heterocycles. The van der Waals surface area contributed by atoms with Crippen molar-refractivity contribution in [2.75, 3.05) is 5.75 Å². The van der Waals surface area contributed by atoms with E-state index in [2.05, 4.69) is 13.8 Å². The van der Waals surface area contributed by atoms with Crippen LogP contribution in [0.15, 0.2) is 18.2 Å². The fraction of sp³-hybridized carbons (Fsp3) is 0.417. The molecule has 0 amide bonds. The average molecular weight is 277 g/mol. The zero-order valence-electron chi connectivity index (χ0n) is 9.30. The van der Waals surface area contributed by atoms with Crippen LogP contribution < -0.4 is 0 Å². The zero-order chi connectivity index (χ0) is 12.1. The largest absolute Gasteiger partial charge is 0.298 e. The number of carbonyl (C=O) groups excluding carboxylic acids is 1. The van der Waals surface area contributed by atoms with E-state index >= 15 is 0 Å². The van der Waals surface area contributed by atoms with Gasteiger partial charge in [0.15, 0.2) is 0 Å². The Hall–Kier alpha value is -0.180. The van der Waals surface area contributed by atoms with Crippen LogP contribution in [0.5, 0.6) is 0 Å². The molecule has 1 nitrogen and oxygen atoms in total. The summed E-state index contributed by atoms with van der Waals surface area (Å²) in [5, 5.41) is 1.59. The van der Waals surface area contributed by atoms with Gasteiger partial charge in [0.1, 0.15) is 5.78 Å². The smallest absolute Gasteiger partial charge is 0.147 e. The second-order valence-corrected chi connectivity index (χ2v) is 6.15. The van der Waals surface area contributed by atoms with Crippen LogP contribution >= 0.6 is 35.0 Å². The van der Waals surface area contributed by atoms with Gasteiger partial charge in [-0.1, -0.05) is 43.1 Å². The number of hydrogen-bond acceptors (Lipinski definition) is 2. The summed E-state index contributed by atoms with van der Waals surface area (Å²) in [6.45, 7) is 4.14. The molecule has 0 unspecified atom stereocenters. The highest BCUT2D eigenvalue weighted by Gasteiger charge is 2.11. The first-order valence-electron chi connectivity index (χ1n) is 5.07. The van der Waals surface area contributed by atoms with Crippen molar-refractivity contribution in [2.45, 2.75) is 25.5 Å². The minimum absolute atomic E-state index is 0.161. The maximum Gasteiger partial charge on any atom is 0.147 e. The average Bonchev–Trinajstić information content (AvgIpc) is 2.21. The third-order valence-electron chi connectivity index (χ3n) is 2.01. The Morgan fingerprint density at radius 2 is 1.88 bits per heavy atom. The van der Waals surface area contributed by atoms with E-state index in [1.807, 2.05) is 0 Å². The lowest BCUT2D eigenvalue weighted by Gasteiger charge is -2.07. The van der Waals surface area contributed by atoms with Crippen molar-refractivity contribution in [1.82, 2.24) is 0 Å². The fourth-order valence-corrected chi connectivity index (χ4v) is 2.36. The molecule has 0 saturated heterocycles. The highest BCUT2D eigenvalue weighted by Crippen LogP contribution is 2.25. The molecule has 16 heavy (non-hydrogen) atoms. The van der Waals surface area contributed by atoms with Gasteiger partial charge in [-0.25, -0.2) is 0 Å². The number of rotatable bonds is 5. The van der Waals surface area contributed by atoms with E-state index in [4.69, 9.17) is 23.2 Å². The number of carbonyl (C=O) groups is 1. The summed E-state index contributed by atoms with van der Waals surface area (Å²) < 4.78 is 0. The van der Waals surface area contributed by atoms with Crippen LogP contribution in [-0.2, 0) is 11.2 Å². The quantitative estimate of drug-likeness (QED) is 0.800. The van der Waals surface area contributed by atoms with Crippen LogP contribution in [0.3, 0.4) is 0 Å². The molecule has 0 radical (unpaired) electrons. The maximum absolute atomic E-state index is 11.7. The predicted octanol–water partition coefficient (Wildman–Crippen LogP) is 4.25. The number of benzene rings is 1. The molecule has 1 aromatic rings. The molecule has 0 aliphatic carbocycles. The molecule has 0 fully saturated rings. The lowest BCUT2D eigenvalue weighted by atomic mass is 10.1. The van der Waals surface area contributed by atoms with Crippen LogP contribution in [0.25, 0.3) is 0 Å². The van der Waals surface area contributed by atoms with E-state index < -0.39 is 0 Å². The van der Waals surface area contributed by atoms with E-state index in [-0.39, 0.29) is 5.78 Å². The van der Waals surface area contributed by atoms with Gasteiger partial charge in [-0.15, -0.1) is 0 Å². The molecule has 0 spiro atoms. The maximum atomic E-state index is 11.7. The van der Waals surface area contributed by atoms with Crippen molar-refractivity contribution in [3.05, 3.63) is 33.8 Å². The summed E-state index contributed by atoms with van der Waals surface area (Å²) in [4.78, 5) is 11.7. The molecular formula is C12H14Cl2OS. The highest BCUT2D eigenvalue weighted by atomic mass is 35.5. The predicted molar refractivity (Wildman–Crippen MR) is 72.8 cm³/mol. The zero-order valence-corrected chi connectivity index (χ0v) is 11.6. The minimum Gasteiger partial charge on any atom is -0.298 e. The van der Waals surface area contributed by atoms with E-state index in [0.717, 1.165) is 5.56 Å². The van der Waals surface area contributed by atoms with Gasteiger partial charge in [-0.2, -0.15) is 11.8 Å². The molecule has 88 valence electrons. The molecule has 0 atom stereocenters. The summed E-state index contributed by atoms with van der Waals surface area (Å²) in [5.41, 5.74) is 0.736. The van der Waals surface area contributed by atoms with Crippen molar-refractivity contribution in [2.24, 2.45) is 0 Å². The van der Waals surface area contributed by atoms with Crippen molar-refractivity contribution in [1.29, 1.82) is 0 Å². The number of hydrogen-bond donors (Lipinski definition) is 0. The van der Waals surface area contributed by atoms with Crippen molar-refractivity contribution >= 4 is 40.7 Å².